The number of hydrogen-bond acceptors (Lipinski definition) is 6. The topological polar surface area (TPSA) is 117 Å². The van der Waals surface area contributed by atoms with E-state index in [0.29, 0.717) is 11.6 Å². The lowest BCUT2D eigenvalue weighted by Gasteiger charge is -2.11. The average Bonchev–Trinajstić information content (AvgIpc) is 2.64. The molecule has 11 heteroatoms. The van der Waals surface area contributed by atoms with Crippen molar-refractivity contribution in [3.05, 3.63) is 59.8 Å². The fourth-order valence-electron chi connectivity index (χ4n) is 2.66. The van der Waals surface area contributed by atoms with Gasteiger partial charge in [-0.05, 0) is 48.5 Å². The van der Waals surface area contributed by atoms with Gasteiger partial charge >= 0.3 is 0 Å². The Hall–Kier alpha value is -2.40. The minimum atomic E-state index is -3.72. The summed E-state index contributed by atoms with van der Waals surface area (Å²) in [6, 6.07) is 12.6. The van der Waals surface area contributed by atoms with Crippen LogP contribution in [0.4, 0.5) is 11.4 Å². The standard InChI is InChI=1S/C18H19ClN4O4S2/c1-28(24,25)23-14-3-5-15(6-4-14)29(26,27)22-11-10-21-17-8-9-20-18-12-13(19)2-7-16(17)18/h2-9,12,22-23H,10-11H2,1H3,(H,20,21). The maximum atomic E-state index is 12.4. The number of nitrogens with one attached hydrogen (secondary N) is 3. The first kappa shape index (κ1) is 21.3. The third-order valence-electron chi connectivity index (χ3n) is 3.91. The van der Waals surface area contributed by atoms with Gasteiger partial charge in [-0.25, -0.2) is 21.6 Å². The molecule has 0 amide bonds. The van der Waals surface area contributed by atoms with E-state index in [2.05, 4.69) is 19.7 Å². The zero-order chi connectivity index (χ0) is 21.1. The van der Waals surface area contributed by atoms with E-state index in [0.717, 1.165) is 22.8 Å². The Kier molecular flexibility index (Phi) is 6.27. The predicted octanol–water partition coefficient (Wildman–Crippen LogP) is 2.65. The largest absolute Gasteiger partial charge is 0.383 e. The number of aromatic nitrogens is 1. The molecule has 3 rings (SSSR count). The number of sulfonamides is 2. The molecule has 3 aromatic rings. The average molecular weight is 455 g/mol. The van der Waals surface area contributed by atoms with Crippen LogP contribution in [0.25, 0.3) is 10.9 Å². The minimum Gasteiger partial charge on any atom is -0.383 e. The van der Waals surface area contributed by atoms with E-state index in [-0.39, 0.29) is 17.1 Å². The number of pyridine rings is 1. The van der Waals surface area contributed by atoms with Gasteiger partial charge in [-0.3, -0.25) is 9.71 Å². The first-order chi connectivity index (χ1) is 13.6. The van der Waals surface area contributed by atoms with Crippen LogP contribution >= 0.6 is 11.6 Å². The number of nitrogens with zero attached hydrogens (tertiary/aromatic N) is 1. The summed E-state index contributed by atoms with van der Waals surface area (Å²) in [7, 11) is -7.14. The number of benzene rings is 2. The summed E-state index contributed by atoms with van der Waals surface area (Å²) in [5.41, 5.74) is 1.85. The highest BCUT2D eigenvalue weighted by Gasteiger charge is 2.13. The second-order valence-electron chi connectivity index (χ2n) is 6.24. The Labute approximate surface area is 174 Å². The Morgan fingerprint density at radius 1 is 0.966 bits per heavy atom. The lowest BCUT2D eigenvalue weighted by Crippen LogP contribution is -2.29. The van der Waals surface area contributed by atoms with Crippen LogP contribution in [-0.2, 0) is 20.0 Å². The molecule has 154 valence electrons. The van der Waals surface area contributed by atoms with E-state index < -0.39 is 20.0 Å². The summed E-state index contributed by atoms with van der Waals surface area (Å²) in [5, 5.41) is 4.65. The number of anilines is 2. The van der Waals surface area contributed by atoms with Crippen LogP contribution in [0, 0.1) is 0 Å². The highest BCUT2D eigenvalue weighted by Crippen LogP contribution is 2.24. The Balaban J connectivity index is 1.60. The molecule has 1 aromatic heterocycles. The molecule has 0 atom stereocenters. The molecule has 29 heavy (non-hydrogen) atoms. The van der Waals surface area contributed by atoms with Gasteiger partial charge in [0.05, 0.1) is 16.7 Å². The van der Waals surface area contributed by atoms with Crippen molar-refractivity contribution in [3.63, 3.8) is 0 Å². The van der Waals surface area contributed by atoms with Crippen molar-refractivity contribution in [3.8, 4) is 0 Å². The van der Waals surface area contributed by atoms with E-state index in [1.165, 1.54) is 24.3 Å². The third kappa shape index (κ3) is 5.80. The van der Waals surface area contributed by atoms with Crippen molar-refractivity contribution in [2.45, 2.75) is 4.90 Å². The molecule has 0 aliphatic heterocycles. The number of rotatable bonds is 8. The van der Waals surface area contributed by atoms with Gasteiger partial charge in [-0.1, -0.05) is 11.6 Å². The SMILES string of the molecule is CS(=O)(=O)Nc1ccc(S(=O)(=O)NCCNc2ccnc3cc(Cl)ccc23)cc1. The second kappa shape index (κ2) is 8.54. The van der Waals surface area contributed by atoms with Gasteiger partial charge in [0.1, 0.15) is 0 Å². The summed E-state index contributed by atoms with van der Waals surface area (Å²) >= 11 is 5.98. The molecule has 8 nitrogen and oxygen atoms in total. The summed E-state index contributed by atoms with van der Waals surface area (Å²) in [4.78, 5) is 4.30. The molecule has 0 fully saturated rings. The van der Waals surface area contributed by atoms with Crippen molar-refractivity contribution in [2.75, 3.05) is 29.4 Å². The summed E-state index contributed by atoms with van der Waals surface area (Å²) in [6.45, 7) is 0.512. The maximum Gasteiger partial charge on any atom is 0.240 e. The van der Waals surface area contributed by atoms with Crippen LogP contribution in [0.5, 0.6) is 0 Å². The van der Waals surface area contributed by atoms with Gasteiger partial charge in [-0.15, -0.1) is 0 Å². The van der Waals surface area contributed by atoms with Crippen molar-refractivity contribution < 1.29 is 16.8 Å². The molecule has 0 aliphatic rings. The lowest BCUT2D eigenvalue weighted by molar-refractivity contribution is 0.583. The number of fused-ring (bicyclic) bond motifs is 1. The molecule has 0 saturated carbocycles. The Morgan fingerprint density at radius 2 is 1.69 bits per heavy atom. The molecule has 0 aliphatic carbocycles. The molecule has 0 bridgehead atoms. The van der Waals surface area contributed by atoms with E-state index in [9.17, 15) is 16.8 Å². The van der Waals surface area contributed by atoms with Crippen molar-refractivity contribution in [1.29, 1.82) is 0 Å². The second-order valence-corrected chi connectivity index (χ2v) is 10.2. The number of hydrogen-bond donors (Lipinski definition) is 3. The molecular formula is C18H19ClN4O4S2. The molecule has 1 heterocycles. The Morgan fingerprint density at radius 3 is 2.38 bits per heavy atom. The van der Waals surface area contributed by atoms with E-state index in [1.807, 2.05) is 6.07 Å². The van der Waals surface area contributed by atoms with Crippen molar-refractivity contribution in [2.24, 2.45) is 0 Å². The van der Waals surface area contributed by atoms with E-state index in [4.69, 9.17) is 11.6 Å². The fourth-order valence-corrected chi connectivity index (χ4v) is 4.42. The van der Waals surface area contributed by atoms with Gasteiger partial charge in [0.15, 0.2) is 0 Å². The maximum absolute atomic E-state index is 12.4. The highest BCUT2D eigenvalue weighted by molar-refractivity contribution is 7.92. The molecule has 0 radical (unpaired) electrons. The molecule has 0 saturated heterocycles. The third-order valence-corrected chi connectivity index (χ3v) is 6.22. The minimum absolute atomic E-state index is 0.0422. The zero-order valence-corrected chi connectivity index (χ0v) is 17.8. The number of halogens is 1. The summed E-state index contributed by atoms with van der Waals surface area (Å²) in [6.07, 6.45) is 2.67. The van der Waals surface area contributed by atoms with E-state index >= 15 is 0 Å². The summed E-state index contributed by atoms with van der Waals surface area (Å²) < 4.78 is 52.0. The molecule has 0 spiro atoms. The van der Waals surface area contributed by atoms with Crippen LogP contribution in [0.3, 0.4) is 0 Å². The van der Waals surface area contributed by atoms with Crippen LogP contribution in [0.1, 0.15) is 0 Å². The van der Waals surface area contributed by atoms with Crippen LogP contribution < -0.4 is 14.8 Å². The van der Waals surface area contributed by atoms with E-state index in [1.54, 1.807) is 24.4 Å². The lowest BCUT2D eigenvalue weighted by atomic mass is 10.2. The van der Waals surface area contributed by atoms with Gasteiger partial charge in [0.2, 0.25) is 20.0 Å². The normalized spacial score (nSPS) is 12.1. The van der Waals surface area contributed by atoms with Gasteiger partial charge in [0.25, 0.3) is 0 Å². The quantitative estimate of drug-likeness (QED) is 0.450. The van der Waals surface area contributed by atoms with Crippen LogP contribution in [0.2, 0.25) is 5.02 Å². The van der Waals surface area contributed by atoms with Gasteiger partial charge < -0.3 is 5.32 Å². The predicted molar refractivity (Wildman–Crippen MR) is 115 cm³/mol. The fraction of sp³-hybridized carbons (Fsp3) is 0.167. The first-order valence-electron chi connectivity index (χ1n) is 8.50. The molecule has 2 aromatic carbocycles. The van der Waals surface area contributed by atoms with Gasteiger partial charge in [0, 0.05) is 41.1 Å². The summed E-state index contributed by atoms with van der Waals surface area (Å²) in [5.74, 6) is 0. The Bertz CT molecular complexity index is 1230. The van der Waals surface area contributed by atoms with Crippen LogP contribution in [0.15, 0.2) is 59.6 Å². The zero-order valence-electron chi connectivity index (χ0n) is 15.4. The van der Waals surface area contributed by atoms with Crippen LogP contribution in [-0.4, -0.2) is 41.2 Å². The molecule has 0 unspecified atom stereocenters. The molecular weight excluding hydrogens is 436 g/mol. The first-order valence-corrected chi connectivity index (χ1v) is 12.2. The smallest absolute Gasteiger partial charge is 0.240 e. The van der Waals surface area contributed by atoms with Crippen molar-refractivity contribution in [1.82, 2.24) is 9.71 Å². The monoisotopic (exact) mass is 454 g/mol. The van der Waals surface area contributed by atoms with Gasteiger partial charge in [-0.2, -0.15) is 0 Å². The molecule has 3 N–H and O–H groups in total. The van der Waals surface area contributed by atoms with Crippen molar-refractivity contribution >= 4 is 53.9 Å². The highest BCUT2D eigenvalue weighted by atomic mass is 35.5.